The van der Waals surface area contributed by atoms with Crippen LogP contribution in [-0.2, 0) is 6.54 Å². The zero-order valence-electron chi connectivity index (χ0n) is 16.8. The van der Waals surface area contributed by atoms with Crippen molar-refractivity contribution in [2.75, 3.05) is 13.7 Å². The molecule has 5 nitrogen and oxygen atoms in total. The van der Waals surface area contributed by atoms with E-state index in [2.05, 4.69) is 36.6 Å². The molecule has 0 spiro atoms. The summed E-state index contributed by atoms with van der Waals surface area (Å²) in [4.78, 5) is 20.3. The number of nitrogens with zero attached hydrogens (tertiary/aromatic N) is 3. The van der Waals surface area contributed by atoms with Gasteiger partial charge in [-0.05, 0) is 43.0 Å². The predicted octanol–water partition coefficient (Wildman–Crippen LogP) is 4.68. The van der Waals surface area contributed by atoms with Crippen LogP contribution in [0.4, 0.5) is 0 Å². The Balaban J connectivity index is 1.75. The summed E-state index contributed by atoms with van der Waals surface area (Å²) in [5, 5.41) is 0. The molecule has 0 unspecified atom stereocenters. The number of ether oxygens (including phenoxy) is 1. The largest absolute Gasteiger partial charge is 0.496 e. The van der Waals surface area contributed by atoms with E-state index in [4.69, 9.17) is 9.72 Å². The fraction of sp³-hybridized carbons (Fsp3) is 0.391. The molecule has 2 aromatic carbocycles. The molecule has 1 aliphatic heterocycles. The van der Waals surface area contributed by atoms with Gasteiger partial charge >= 0.3 is 0 Å². The Labute approximate surface area is 165 Å². The fourth-order valence-corrected chi connectivity index (χ4v) is 4.16. The van der Waals surface area contributed by atoms with Gasteiger partial charge in [-0.15, -0.1) is 0 Å². The van der Waals surface area contributed by atoms with Gasteiger partial charge in [0.1, 0.15) is 11.6 Å². The van der Waals surface area contributed by atoms with Crippen LogP contribution in [0.15, 0.2) is 48.5 Å². The van der Waals surface area contributed by atoms with E-state index in [0.29, 0.717) is 17.2 Å². The highest BCUT2D eigenvalue weighted by molar-refractivity contribution is 5.97. The lowest BCUT2D eigenvalue weighted by molar-refractivity contribution is 0.0724. The molecule has 146 valence electrons. The summed E-state index contributed by atoms with van der Waals surface area (Å²) < 4.78 is 7.73. The molecule has 1 saturated heterocycles. The highest BCUT2D eigenvalue weighted by Gasteiger charge is 2.35. The number of fused-ring (bicyclic) bond motifs is 1. The second-order valence-electron chi connectivity index (χ2n) is 7.82. The molecule has 4 rings (SSSR count). The average molecular weight is 377 g/mol. The molecular formula is C23H27N3O2. The standard InChI is InChI=1S/C23H27N3O2/c1-16(2)15-26-19-11-6-5-10-18(19)24-22(26)20-12-8-14-25(20)23(27)17-9-4-7-13-21(17)28-3/h4-7,9-11,13,16,20H,8,12,14-15H2,1-3H3/t20-/m0/s1. The van der Waals surface area contributed by atoms with E-state index in [-0.39, 0.29) is 11.9 Å². The molecule has 0 aliphatic carbocycles. The Morgan fingerprint density at radius 2 is 1.93 bits per heavy atom. The summed E-state index contributed by atoms with van der Waals surface area (Å²) in [5.41, 5.74) is 2.75. The molecule has 0 bridgehead atoms. The van der Waals surface area contributed by atoms with Crippen LogP contribution < -0.4 is 4.74 Å². The van der Waals surface area contributed by atoms with Crippen molar-refractivity contribution in [2.45, 2.75) is 39.3 Å². The highest BCUT2D eigenvalue weighted by atomic mass is 16.5. The van der Waals surface area contributed by atoms with E-state index < -0.39 is 0 Å². The summed E-state index contributed by atoms with van der Waals surface area (Å²) in [6.45, 7) is 6.06. The van der Waals surface area contributed by atoms with Gasteiger partial charge in [-0.2, -0.15) is 0 Å². The van der Waals surface area contributed by atoms with Crippen LogP contribution in [0.5, 0.6) is 5.75 Å². The maximum Gasteiger partial charge on any atom is 0.258 e. The lowest BCUT2D eigenvalue weighted by atomic mass is 10.1. The van der Waals surface area contributed by atoms with Crippen molar-refractivity contribution in [1.29, 1.82) is 0 Å². The van der Waals surface area contributed by atoms with Gasteiger partial charge in [0, 0.05) is 13.1 Å². The van der Waals surface area contributed by atoms with E-state index in [1.54, 1.807) is 7.11 Å². The van der Waals surface area contributed by atoms with Gasteiger partial charge in [-0.1, -0.05) is 38.1 Å². The number of benzene rings is 2. The zero-order chi connectivity index (χ0) is 19.7. The van der Waals surface area contributed by atoms with Gasteiger partial charge in [0.05, 0.1) is 29.7 Å². The van der Waals surface area contributed by atoms with Crippen molar-refractivity contribution in [3.63, 3.8) is 0 Å². The third-order valence-corrected chi connectivity index (χ3v) is 5.38. The molecule has 28 heavy (non-hydrogen) atoms. The van der Waals surface area contributed by atoms with Crippen molar-refractivity contribution in [3.05, 3.63) is 59.9 Å². The maximum absolute atomic E-state index is 13.4. The van der Waals surface area contributed by atoms with Crippen LogP contribution in [0.3, 0.4) is 0 Å². The molecule has 5 heteroatoms. The smallest absolute Gasteiger partial charge is 0.258 e. The Bertz CT molecular complexity index is 992. The molecule has 0 radical (unpaired) electrons. The Hall–Kier alpha value is -2.82. The number of carbonyl (C=O) groups is 1. The first-order valence-corrected chi connectivity index (χ1v) is 9.99. The van der Waals surface area contributed by atoms with Crippen LogP contribution in [-0.4, -0.2) is 34.0 Å². The molecule has 1 amide bonds. The number of hydrogen-bond donors (Lipinski definition) is 0. The van der Waals surface area contributed by atoms with Crippen molar-refractivity contribution in [3.8, 4) is 5.75 Å². The zero-order valence-corrected chi connectivity index (χ0v) is 16.8. The number of aromatic nitrogens is 2. The summed E-state index contributed by atoms with van der Waals surface area (Å²) >= 11 is 0. The highest BCUT2D eigenvalue weighted by Crippen LogP contribution is 2.36. The molecule has 1 aromatic heterocycles. The summed E-state index contributed by atoms with van der Waals surface area (Å²) in [6.07, 6.45) is 1.92. The monoisotopic (exact) mass is 377 g/mol. The second kappa shape index (κ2) is 7.66. The second-order valence-corrected chi connectivity index (χ2v) is 7.82. The number of methoxy groups -OCH3 is 1. The van der Waals surface area contributed by atoms with Crippen molar-refractivity contribution in [1.82, 2.24) is 14.5 Å². The minimum Gasteiger partial charge on any atom is -0.496 e. The van der Waals surface area contributed by atoms with Crippen molar-refractivity contribution < 1.29 is 9.53 Å². The van der Waals surface area contributed by atoms with E-state index in [1.165, 1.54) is 0 Å². The van der Waals surface area contributed by atoms with Crippen LogP contribution in [0.2, 0.25) is 0 Å². The average Bonchev–Trinajstić information content (AvgIpc) is 3.32. The van der Waals surface area contributed by atoms with Gasteiger partial charge in [0.25, 0.3) is 5.91 Å². The number of rotatable bonds is 5. The van der Waals surface area contributed by atoms with Gasteiger partial charge in [0.2, 0.25) is 0 Å². The minimum atomic E-state index is -0.0106. The molecule has 2 heterocycles. The van der Waals surface area contributed by atoms with Gasteiger partial charge in [-0.3, -0.25) is 4.79 Å². The number of hydrogen-bond acceptors (Lipinski definition) is 3. The topological polar surface area (TPSA) is 47.4 Å². The van der Waals surface area contributed by atoms with E-state index >= 15 is 0 Å². The van der Waals surface area contributed by atoms with Crippen molar-refractivity contribution in [2.24, 2.45) is 5.92 Å². The minimum absolute atomic E-state index is 0.0106. The number of imidazole rings is 1. The van der Waals surface area contributed by atoms with E-state index in [9.17, 15) is 4.79 Å². The fourth-order valence-electron chi connectivity index (χ4n) is 4.16. The molecule has 0 saturated carbocycles. The molecule has 1 fully saturated rings. The third kappa shape index (κ3) is 3.26. The first-order valence-electron chi connectivity index (χ1n) is 9.99. The first kappa shape index (κ1) is 18.5. The van der Waals surface area contributed by atoms with E-state index in [1.807, 2.05) is 35.2 Å². The van der Waals surface area contributed by atoms with Crippen molar-refractivity contribution >= 4 is 16.9 Å². The Kier molecular flexibility index (Phi) is 5.07. The van der Waals surface area contributed by atoms with Crippen LogP contribution >= 0.6 is 0 Å². The number of para-hydroxylation sites is 3. The predicted molar refractivity (Wildman–Crippen MR) is 111 cm³/mol. The van der Waals surface area contributed by atoms with Crippen LogP contribution in [0.1, 0.15) is 48.9 Å². The summed E-state index contributed by atoms with van der Waals surface area (Å²) in [6, 6.07) is 15.7. The quantitative estimate of drug-likeness (QED) is 0.649. The molecular weight excluding hydrogens is 350 g/mol. The normalized spacial score (nSPS) is 16.9. The Morgan fingerprint density at radius 1 is 1.18 bits per heavy atom. The number of carbonyl (C=O) groups excluding carboxylic acids is 1. The molecule has 1 aliphatic rings. The third-order valence-electron chi connectivity index (χ3n) is 5.38. The van der Waals surface area contributed by atoms with Crippen LogP contribution in [0.25, 0.3) is 11.0 Å². The van der Waals surface area contributed by atoms with Gasteiger partial charge in [-0.25, -0.2) is 4.98 Å². The lowest BCUT2D eigenvalue weighted by Crippen LogP contribution is -2.32. The first-order chi connectivity index (χ1) is 13.6. The van der Waals surface area contributed by atoms with E-state index in [0.717, 1.165) is 42.8 Å². The lowest BCUT2D eigenvalue weighted by Gasteiger charge is -2.26. The van der Waals surface area contributed by atoms with Gasteiger partial charge in [0.15, 0.2) is 0 Å². The summed E-state index contributed by atoms with van der Waals surface area (Å²) in [5.74, 6) is 2.13. The van der Waals surface area contributed by atoms with Crippen LogP contribution in [0, 0.1) is 5.92 Å². The SMILES string of the molecule is COc1ccccc1C(=O)N1CCC[C@H]1c1nc2ccccc2n1CC(C)C. The molecule has 0 N–H and O–H groups in total. The Morgan fingerprint density at radius 3 is 2.71 bits per heavy atom. The van der Waals surface area contributed by atoms with Gasteiger partial charge < -0.3 is 14.2 Å². The number of likely N-dealkylation sites (tertiary alicyclic amines) is 1. The number of amides is 1. The summed E-state index contributed by atoms with van der Waals surface area (Å²) in [7, 11) is 1.61. The molecule has 1 atom stereocenters. The maximum atomic E-state index is 13.4. The molecule has 3 aromatic rings.